The van der Waals surface area contributed by atoms with Crippen molar-refractivity contribution in [1.29, 1.82) is 0 Å². The zero-order chi connectivity index (χ0) is 22.6. The fourth-order valence-corrected chi connectivity index (χ4v) is 2.31. The highest BCUT2D eigenvalue weighted by molar-refractivity contribution is 5.88. The number of nitro benzene ring substituents is 1. The van der Waals surface area contributed by atoms with E-state index in [1.165, 1.54) is 24.3 Å². The number of amides is 2. The molecule has 164 valence electrons. The third-order valence-electron chi connectivity index (χ3n) is 3.96. The molecule has 11 heteroatoms. The summed E-state index contributed by atoms with van der Waals surface area (Å²) in [5, 5.41) is 24.4. The Labute approximate surface area is 177 Å². The normalized spacial score (nSPS) is 11.1. The van der Waals surface area contributed by atoms with Gasteiger partial charge in [0.2, 0.25) is 5.91 Å². The van der Waals surface area contributed by atoms with E-state index in [1.54, 1.807) is 24.3 Å². The van der Waals surface area contributed by atoms with Gasteiger partial charge in [-0.2, -0.15) is 0 Å². The maximum Gasteiger partial charge on any atom is 0.408 e. The predicted molar refractivity (Wildman–Crippen MR) is 107 cm³/mol. The van der Waals surface area contributed by atoms with Gasteiger partial charge >= 0.3 is 12.1 Å². The number of ether oxygens (including phenoxy) is 2. The van der Waals surface area contributed by atoms with Crippen LogP contribution < -0.4 is 10.6 Å². The van der Waals surface area contributed by atoms with E-state index in [1.807, 2.05) is 6.07 Å². The lowest BCUT2D eigenvalue weighted by atomic mass is 10.2. The minimum atomic E-state index is -1.31. The van der Waals surface area contributed by atoms with Crippen molar-refractivity contribution in [2.75, 3.05) is 13.2 Å². The van der Waals surface area contributed by atoms with Crippen molar-refractivity contribution in [3.8, 4) is 0 Å². The van der Waals surface area contributed by atoms with E-state index >= 15 is 0 Å². The molecule has 31 heavy (non-hydrogen) atoms. The monoisotopic (exact) mass is 431 g/mol. The number of nitro groups is 1. The molecule has 0 spiro atoms. The Morgan fingerprint density at radius 3 is 2.19 bits per heavy atom. The first kappa shape index (κ1) is 23.3. The number of nitrogens with one attached hydrogen (secondary N) is 2. The van der Waals surface area contributed by atoms with Crippen LogP contribution in [0.5, 0.6) is 0 Å². The highest BCUT2D eigenvalue weighted by Gasteiger charge is 2.21. The van der Waals surface area contributed by atoms with E-state index in [0.29, 0.717) is 5.56 Å². The quantitative estimate of drug-likeness (QED) is 0.286. The summed E-state index contributed by atoms with van der Waals surface area (Å²) in [6.07, 6.45) is -0.904. The molecule has 0 saturated heterocycles. The lowest BCUT2D eigenvalue weighted by Crippen LogP contribution is -2.50. The van der Waals surface area contributed by atoms with Gasteiger partial charge in [0.1, 0.15) is 25.8 Å². The number of aliphatic hydroxyl groups excluding tert-OH is 1. The smallest absolute Gasteiger partial charge is 0.408 e. The number of benzene rings is 2. The largest absolute Gasteiger partial charge is 0.460 e. The molecule has 0 radical (unpaired) electrons. The molecule has 2 aromatic rings. The standard InChI is InChI=1S/C20H21N3O8/c24-11-17(22-20(27)31-13-14-4-2-1-3-5-14)19(26)21-10-18(25)30-12-15-6-8-16(9-7-15)23(28)29/h1-9,17,24H,10-13H2,(H,21,26)(H,22,27). The number of non-ortho nitro benzene ring substituents is 1. The molecule has 1 unspecified atom stereocenters. The number of esters is 1. The molecular formula is C20H21N3O8. The van der Waals surface area contributed by atoms with Gasteiger partial charge in [-0.3, -0.25) is 19.7 Å². The third kappa shape index (κ3) is 8.11. The molecule has 0 bridgehead atoms. The van der Waals surface area contributed by atoms with Gasteiger partial charge in [-0.05, 0) is 23.3 Å². The number of carbonyl (C=O) groups excluding carboxylic acids is 3. The molecule has 0 aliphatic rings. The molecule has 2 aromatic carbocycles. The van der Waals surface area contributed by atoms with Crippen LogP contribution in [0.15, 0.2) is 54.6 Å². The van der Waals surface area contributed by atoms with E-state index < -0.39 is 42.1 Å². The van der Waals surface area contributed by atoms with Crippen LogP contribution in [0, 0.1) is 10.1 Å². The first-order valence-electron chi connectivity index (χ1n) is 9.13. The highest BCUT2D eigenvalue weighted by Crippen LogP contribution is 2.12. The Morgan fingerprint density at radius 1 is 0.968 bits per heavy atom. The Kier molecular flexibility index (Phi) is 8.92. The van der Waals surface area contributed by atoms with E-state index in [9.17, 15) is 29.6 Å². The molecule has 2 amide bonds. The summed E-state index contributed by atoms with van der Waals surface area (Å²) in [5.41, 5.74) is 1.19. The first-order chi connectivity index (χ1) is 14.9. The second-order valence-electron chi connectivity index (χ2n) is 6.24. The van der Waals surface area contributed by atoms with Crippen LogP contribution in [0.3, 0.4) is 0 Å². The molecule has 0 aromatic heterocycles. The summed E-state index contributed by atoms with van der Waals surface area (Å²) in [4.78, 5) is 45.7. The summed E-state index contributed by atoms with van der Waals surface area (Å²) < 4.78 is 9.93. The first-order valence-corrected chi connectivity index (χ1v) is 9.13. The molecule has 0 saturated carbocycles. The lowest BCUT2D eigenvalue weighted by molar-refractivity contribution is -0.384. The van der Waals surface area contributed by atoms with E-state index in [-0.39, 0.29) is 18.9 Å². The van der Waals surface area contributed by atoms with Crippen molar-refractivity contribution in [1.82, 2.24) is 10.6 Å². The van der Waals surface area contributed by atoms with Crippen molar-refractivity contribution in [3.63, 3.8) is 0 Å². The number of hydrogen-bond donors (Lipinski definition) is 3. The summed E-state index contributed by atoms with van der Waals surface area (Å²) >= 11 is 0. The van der Waals surface area contributed by atoms with Crippen LogP contribution >= 0.6 is 0 Å². The molecule has 0 aliphatic carbocycles. The van der Waals surface area contributed by atoms with Gasteiger partial charge in [0.25, 0.3) is 5.69 Å². The van der Waals surface area contributed by atoms with Crippen LogP contribution in [0.4, 0.5) is 10.5 Å². The SMILES string of the molecule is O=C(CNC(=O)C(CO)NC(=O)OCc1ccccc1)OCc1ccc([N+](=O)[O-])cc1. The number of nitrogens with zero attached hydrogens (tertiary/aromatic N) is 1. The van der Waals surface area contributed by atoms with Crippen molar-refractivity contribution in [2.45, 2.75) is 19.3 Å². The van der Waals surface area contributed by atoms with Crippen LogP contribution in [-0.4, -0.2) is 47.2 Å². The van der Waals surface area contributed by atoms with Crippen molar-refractivity contribution < 1.29 is 33.9 Å². The van der Waals surface area contributed by atoms with Crippen molar-refractivity contribution in [2.24, 2.45) is 0 Å². The van der Waals surface area contributed by atoms with Crippen LogP contribution in [-0.2, 0) is 32.3 Å². The topological polar surface area (TPSA) is 157 Å². The Balaban J connectivity index is 1.71. The second-order valence-corrected chi connectivity index (χ2v) is 6.24. The zero-order valence-corrected chi connectivity index (χ0v) is 16.4. The molecule has 0 heterocycles. The fourth-order valence-electron chi connectivity index (χ4n) is 2.31. The molecule has 0 fully saturated rings. The van der Waals surface area contributed by atoms with E-state index in [0.717, 1.165) is 5.56 Å². The van der Waals surface area contributed by atoms with Crippen LogP contribution in [0.2, 0.25) is 0 Å². The van der Waals surface area contributed by atoms with E-state index in [2.05, 4.69) is 10.6 Å². The molecule has 3 N–H and O–H groups in total. The minimum absolute atomic E-state index is 0.0125. The minimum Gasteiger partial charge on any atom is -0.460 e. The average Bonchev–Trinajstić information content (AvgIpc) is 2.79. The number of hydrogen-bond acceptors (Lipinski definition) is 8. The molecule has 11 nitrogen and oxygen atoms in total. The highest BCUT2D eigenvalue weighted by atomic mass is 16.6. The molecule has 1 atom stereocenters. The van der Waals surface area contributed by atoms with Crippen molar-refractivity contribution in [3.05, 3.63) is 75.8 Å². The fraction of sp³-hybridized carbons (Fsp3) is 0.250. The predicted octanol–water partition coefficient (Wildman–Crippen LogP) is 1.04. The summed E-state index contributed by atoms with van der Waals surface area (Å²) in [6.45, 7) is -1.35. The Hall–Kier alpha value is -3.99. The van der Waals surface area contributed by atoms with Gasteiger partial charge in [-0.1, -0.05) is 30.3 Å². The Morgan fingerprint density at radius 2 is 1.58 bits per heavy atom. The Bertz CT molecular complexity index is 902. The van der Waals surface area contributed by atoms with Gasteiger partial charge in [0.15, 0.2) is 0 Å². The number of alkyl carbamates (subject to hydrolysis) is 1. The zero-order valence-electron chi connectivity index (χ0n) is 16.4. The number of aliphatic hydroxyl groups is 1. The van der Waals surface area contributed by atoms with Crippen LogP contribution in [0.25, 0.3) is 0 Å². The van der Waals surface area contributed by atoms with Gasteiger partial charge in [-0.15, -0.1) is 0 Å². The molecular weight excluding hydrogens is 410 g/mol. The molecule has 0 aliphatic heterocycles. The van der Waals surface area contributed by atoms with E-state index in [4.69, 9.17) is 9.47 Å². The second kappa shape index (κ2) is 11.9. The van der Waals surface area contributed by atoms with Gasteiger partial charge in [-0.25, -0.2) is 4.79 Å². The summed E-state index contributed by atoms with van der Waals surface area (Å²) in [7, 11) is 0. The average molecular weight is 431 g/mol. The van der Waals surface area contributed by atoms with Crippen molar-refractivity contribution >= 4 is 23.7 Å². The third-order valence-corrected chi connectivity index (χ3v) is 3.96. The van der Waals surface area contributed by atoms with Gasteiger partial charge in [0.05, 0.1) is 11.5 Å². The number of rotatable bonds is 10. The lowest BCUT2D eigenvalue weighted by Gasteiger charge is -2.16. The van der Waals surface area contributed by atoms with Gasteiger partial charge < -0.3 is 25.2 Å². The maximum atomic E-state index is 12.1. The maximum absolute atomic E-state index is 12.1. The number of carbonyl (C=O) groups is 3. The molecule has 2 rings (SSSR count). The summed E-state index contributed by atoms with van der Waals surface area (Å²) in [6, 6.07) is 13.0. The van der Waals surface area contributed by atoms with Crippen LogP contribution in [0.1, 0.15) is 11.1 Å². The van der Waals surface area contributed by atoms with Gasteiger partial charge in [0, 0.05) is 12.1 Å². The summed E-state index contributed by atoms with van der Waals surface area (Å²) in [5.74, 6) is -1.57.